The van der Waals surface area contributed by atoms with Gasteiger partial charge in [-0.15, -0.1) is 0 Å². The molecular formula is C16H27NO4. The minimum atomic E-state index is -1.02. The zero-order valence-electron chi connectivity index (χ0n) is 13.2. The number of rotatable bonds is 6. The summed E-state index contributed by atoms with van der Waals surface area (Å²) in [6, 6.07) is 0. The molecular weight excluding hydrogens is 270 g/mol. The number of hydrogen-bond donors (Lipinski definition) is 2. The van der Waals surface area contributed by atoms with Crippen molar-refractivity contribution in [2.24, 2.45) is 17.8 Å². The number of carbonyl (C=O) groups excluding carboxylic acids is 1. The highest BCUT2D eigenvalue weighted by molar-refractivity contribution is 5.89. The molecule has 0 heterocycles. The number of ether oxygens (including phenoxy) is 1. The first-order chi connectivity index (χ1) is 9.84. The van der Waals surface area contributed by atoms with Gasteiger partial charge in [0.25, 0.3) is 0 Å². The number of aliphatic carboxylic acids is 1. The Morgan fingerprint density at radius 1 is 1.33 bits per heavy atom. The van der Waals surface area contributed by atoms with Gasteiger partial charge in [0.2, 0.25) is 5.91 Å². The quantitative estimate of drug-likeness (QED) is 0.788. The number of amides is 1. The van der Waals surface area contributed by atoms with Gasteiger partial charge in [-0.1, -0.05) is 27.2 Å². The van der Waals surface area contributed by atoms with E-state index in [1.807, 2.05) is 0 Å². The molecule has 2 rings (SSSR count). The lowest BCUT2D eigenvalue weighted by atomic mass is 9.75. The van der Waals surface area contributed by atoms with E-state index in [-0.39, 0.29) is 18.6 Å². The molecule has 2 aliphatic carbocycles. The highest BCUT2D eigenvalue weighted by atomic mass is 16.5. The van der Waals surface area contributed by atoms with Crippen LogP contribution in [0.15, 0.2) is 0 Å². The fourth-order valence-corrected chi connectivity index (χ4v) is 3.31. The molecule has 21 heavy (non-hydrogen) atoms. The summed E-state index contributed by atoms with van der Waals surface area (Å²) in [6.07, 6.45) is 4.49. The topological polar surface area (TPSA) is 75.6 Å². The second kappa shape index (κ2) is 6.34. The maximum Gasteiger partial charge on any atom is 0.329 e. The molecule has 1 amide bonds. The highest BCUT2D eigenvalue weighted by Crippen LogP contribution is 2.36. The van der Waals surface area contributed by atoms with Crippen LogP contribution in [-0.4, -0.2) is 35.2 Å². The van der Waals surface area contributed by atoms with Crippen molar-refractivity contribution < 1.29 is 19.4 Å². The van der Waals surface area contributed by atoms with Gasteiger partial charge in [-0.25, -0.2) is 4.79 Å². The molecule has 120 valence electrons. The number of carboxylic acid groups (broad SMARTS) is 1. The summed E-state index contributed by atoms with van der Waals surface area (Å²) in [7, 11) is 0. The lowest BCUT2D eigenvalue weighted by Crippen LogP contribution is -2.45. The first-order valence-corrected chi connectivity index (χ1v) is 8.00. The molecule has 2 fully saturated rings. The van der Waals surface area contributed by atoms with Crippen LogP contribution < -0.4 is 5.32 Å². The van der Waals surface area contributed by atoms with Crippen LogP contribution in [0.25, 0.3) is 0 Å². The summed E-state index contributed by atoms with van der Waals surface area (Å²) in [5.41, 5.74) is -1.02. The first-order valence-electron chi connectivity index (χ1n) is 8.00. The molecule has 3 atom stereocenters. The van der Waals surface area contributed by atoms with Crippen LogP contribution in [0.3, 0.4) is 0 Å². The summed E-state index contributed by atoms with van der Waals surface area (Å²) in [6.45, 7) is 6.58. The third-order valence-corrected chi connectivity index (χ3v) is 4.93. The van der Waals surface area contributed by atoms with E-state index in [9.17, 15) is 9.59 Å². The molecule has 0 spiro atoms. The van der Waals surface area contributed by atoms with Gasteiger partial charge >= 0.3 is 5.97 Å². The van der Waals surface area contributed by atoms with E-state index in [1.165, 1.54) is 6.42 Å². The number of hydrogen-bond acceptors (Lipinski definition) is 3. The van der Waals surface area contributed by atoms with Crippen LogP contribution in [0.1, 0.15) is 52.9 Å². The van der Waals surface area contributed by atoms with Gasteiger partial charge in [0.1, 0.15) is 12.1 Å². The van der Waals surface area contributed by atoms with E-state index in [0.29, 0.717) is 30.6 Å². The molecule has 5 nitrogen and oxygen atoms in total. The van der Waals surface area contributed by atoms with Crippen LogP contribution in [0.2, 0.25) is 0 Å². The second-order valence-corrected chi connectivity index (χ2v) is 7.11. The Kier molecular flexibility index (Phi) is 4.91. The third kappa shape index (κ3) is 3.96. The van der Waals surface area contributed by atoms with Gasteiger partial charge in [-0.2, -0.15) is 0 Å². The standard InChI is InChI=1S/C16H27NO4/c1-10(2)12-5-4-11(3)8-13(12)21-9-14(18)17-16(6-7-16)15(19)20/h10-13H,4-9H2,1-3H3,(H,17,18)(H,19,20). The zero-order chi connectivity index (χ0) is 15.6. The van der Waals surface area contributed by atoms with E-state index in [4.69, 9.17) is 9.84 Å². The highest BCUT2D eigenvalue weighted by Gasteiger charge is 2.51. The van der Waals surface area contributed by atoms with Crippen LogP contribution in [-0.2, 0) is 14.3 Å². The Hall–Kier alpha value is -1.10. The van der Waals surface area contributed by atoms with E-state index in [0.717, 1.165) is 12.8 Å². The Bertz CT molecular complexity index is 403. The molecule has 0 bridgehead atoms. The number of nitrogens with one attached hydrogen (secondary N) is 1. The van der Waals surface area contributed by atoms with Gasteiger partial charge in [0.15, 0.2) is 0 Å². The summed E-state index contributed by atoms with van der Waals surface area (Å²) < 4.78 is 5.84. The second-order valence-electron chi connectivity index (χ2n) is 7.11. The molecule has 2 saturated carbocycles. The monoisotopic (exact) mass is 297 g/mol. The maximum atomic E-state index is 11.9. The molecule has 3 unspecified atom stereocenters. The Balaban J connectivity index is 1.83. The van der Waals surface area contributed by atoms with Crippen molar-refractivity contribution in [1.29, 1.82) is 0 Å². The lowest BCUT2D eigenvalue weighted by molar-refractivity contribution is -0.145. The maximum absolute atomic E-state index is 11.9. The third-order valence-electron chi connectivity index (χ3n) is 4.93. The predicted octanol–water partition coefficient (Wildman–Crippen LogP) is 2.20. The van der Waals surface area contributed by atoms with Gasteiger partial charge in [-0.3, -0.25) is 4.79 Å². The SMILES string of the molecule is CC1CCC(C(C)C)C(OCC(=O)NC2(C(=O)O)CC2)C1. The summed E-state index contributed by atoms with van der Waals surface area (Å²) in [5.74, 6) is 0.405. The molecule has 0 aromatic rings. The van der Waals surface area contributed by atoms with Gasteiger partial charge < -0.3 is 15.2 Å². The largest absolute Gasteiger partial charge is 0.480 e. The minimum absolute atomic E-state index is 0.0321. The summed E-state index contributed by atoms with van der Waals surface area (Å²) >= 11 is 0. The van der Waals surface area contributed by atoms with E-state index >= 15 is 0 Å². The molecule has 0 aliphatic heterocycles. The Morgan fingerprint density at radius 2 is 2.00 bits per heavy atom. The van der Waals surface area contributed by atoms with Crippen molar-refractivity contribution in [3.63, 3.8) is 0 Å². The Morgan fingerprint density at radius 3 is 2.52 bits per heavy atom. The minimum Gasteiger partial charge on any atom is -0.480 e. The zero-order valence-corrected chi connectivity index (χ0v) is 13.2. The van der Waals surface area contributed by atoms with Crippen LogP contribution >= 0.6 is 0 Å². The van der Waals surface area contributed by atoms with Crippen LogP contribution in [0.5, 0.6) is 0 Å². The van der Waals surface area contributed by atoms with Gasteiger partial charge in [0, 0.05) is 0 Å². The van der Waals surface area contributed by atoms with Crippen molar-refractivity contribution in [2.75, 3.05) is 6.61 Å². The molecule has 0 saturated heterocycles. The van der Waals surface area contributed by atoms with Crippen molar-refractivity contribution in [3.8, 4) is 0 Å². The fourth-order valence-electron chi connectivity index (χ4n) is 3.31. The smallest absolute Gasteiger partial charge is 0.329 e. The molecule has 0 aromatic heterocycles. The fraction of sp³-hybridized carbons (Fsp3) is 0.875. The molecule has 2 N–H and O–H groups in total. The van der Waals surface area contributed by atoms with Gasteiger partial charge in [-0.05, 0) is 43.4 Å². The lowest BCUT2D eigenvalue weighted by Gasteiger charge is -2.37. The number of carboxylic acids is 1. The Labute approximate surface area is 126 Å². The van der Waals surface area contributed by atoms with Crippen molar-refractivity contribution in [2.45, 2.75) is 64.5 Å². The van der Waals surface area contributed by atoms with E-state index < -0.39 is 11.5 Å². The molecule has 2 aliphatic rings. The average molecular weight is 297 g/mol. The van der Waals surface area contributed by atoms with Crippen molar-refractivity contribution >= 4 is 11.9 Å². The van der Waals surface area contributed by atoms with Crippen molar-refractivity contribution in [1.82, 2.24) is 5.32 Å². The van der Waals surface area contributed by atoms with E-state index in [2.05, 4.69) is 26.1 Å². The number of carbonyl (C=O) groups is 2. The average Bonchev–Trinajstić information content (AvgIpc) is 3.17. The summed E-state index contributed by atoms with van der Waals surface area (Å²) in [5, 5.41) is 11.7. The van der Waals surface area contributed by atoms with Gasteiger partial charge in [0.05, 0.1) is 6.10 Å². The summed E-state index contributed by atoms with van der Waals surface area (Å²) in [4.78, 5) is 23.0. The first kappa shape index (κ1) is 16.3. The molecule has 5 heteroatoms. The van der Waals surface area contributed by atoms with Crippen molar-refractivity contribution in [3.05, 3.63) is 0 Å². The normalized spacial score (nSPS) is 31.0. The van der Waals surface area contributed by atoms with E-state index in [1.54, 1.807) is 0 Å². The molecule has 0 aromatic carbocycles. The van der Waals surface area contributed by atoms with Crippen LogP contribution in [0, 0.1) is 17.8 Å². The van der Waals surface area contributed by atoms with Crippen LogP contribution in [0.4, 0.5) is 0 Å². The molecule has 0 radical (unpaired) electrons. The predicted molar refractivity (Wildman–Crippen MR) is 78.8 cm³/mol.